The molecule has 164 valence electrons. The molecule has 1 saturated carbocycles. The van der Waals surface area contributed by atoms with Crippen LogP contribution in [0.25, 0.3) is 0 Å². The number of para-hydroxylation sites is 1. The quantitative estimate of drug-likeness (QED) is 0.156. The largest absolute Gasteiger partial charge is 0.424 e. The van der Waals surface area contributed by atoms with Gasteiger partial charge in [0.25, 0.3) is 5.60 Å². The van der Waals surface area contributed by atoms with Crippen LogP contribution in [-0.4, -0.2) is 23.0 Å². The summed E-state index contributed by atoms with van der Waals surface area (Å²) in [6.07, 6.45) is 5.14. The topological polar surface area (TPSA) is 61.8 Å². The van der Waals surface area contributed by atoms with Crippen molar-refractivity contribution in [1.29, 1.82) is 0 Å². The molecule has 0 radical (unpaired) electrons. The number of carbonyl (C=O) groups is 2. The molecular formula is C26H30O5. The smallest absolute Gasteiger partial charge is 0.356 e. The minimum absolute atomic E-state index is 0.110. The minimum atomic E-state index is -1.90. The third kappa shape index (κ3) is 4.17. The average molecular weight is 423 g/mol. The molecule has 0 N–H and O–H groups in total. The number of fused-ring (bicyclic) bond motifs is 1. The molecule has 5 nitrogen and oxygen atoms in total. The second-order valence-corrected chi connectivity index (χ2v) is 9.51. The predicted octanol–water partition coefficient (Wildman–Crippen LogP) is 5.64. The third-order valence-corrected chi connectivity index (χ3v) is 6.12. The molecule has 2 aliphatic rings. The Balaban J connectivity index is 1.90. The molecule has 2 atom stereocenters. The average Bonchev–Trinajstić information content (AvgIpc) is 2.77. The summed E-state index contributed by atoms with van der Waals surface area (Å²) in [5, 5.41) is 0. The van der Waals surface area contributed by atoms with Crippen LogP contribution in [0.2, 0.25) is 0 Å². The van der Waals surface area contributed by atoms with E-state index in [1.807, 2.05) is 45.0 Å². The molecule has 5 heteroatoms. The number of ether oxygens (including phenoxy) is 1. The molecule has 0 bridgehead atoms. The predicted molar refractivity (Wildman–Crippen MR) is 117 cm³/mol. The van der Waals surface area contributed by atoms with Crippen LogP contribution in [0, 0.1) is 5.92 Å². The van der Waals surface area contributed by atoms with E-state index in [-0.39, 0.29) is 5.92 Å². The molecule has 2 unspecified atom stereocenters. The van der Waals surface area contributed by atoms with E-state index in [1.165, 1.54) is 0 Å². The van der Waals surface area contributed by atoms with Crippen molar-refractivity contribution in [3.63, 3.8) is 0 Å². The van der Waals surface area contributed by atoms with E-state index < -0.39 is 28.9 Å². The molecule has 2 aromatic rings. The zero-order chi connectivity index (χ0) is 22.1. The first-order valence-corrected chi connectivity index (χ1v) is 11.1. The summed E-state index contributed by atoms with van der Waals surface area (Å²) in [5.41, 5.74) is -1.38. The van der Waals surface area contributed by atoms with Gasteiger partial charge in [-0.25, -0.2) is 14.6 Å². The van der Waals surface area contributed by atoms with Crippen LogP contribution >= 0.6 is 0 Å². The zero-order valence-electron chi connectivity index (χ0n) is 18.4. The van der Waals surface area contributed by atoms with Gasteiger partial charge in [-0.05, 0) is 45.6 Å². The first-order valence-electron chi connectivity index (χ1n) is 11.1. The molecular weight excluding hydrogens is 392 g/mol. The van der Waals surface area contributed by atoms with Crippen LogP contribution in [0.1, 0.15) is 74.7 Å². The summed E-state index contributed by atoms with van der Waals surface area (Å²) in [4.78, 5) is 39.3. The van der Waals surface area contributed by atoms with Crippen molar-refractivity contribution in [2.24, 2.45) is 5.92 Å². The van der Waals surface area contributed by atoms with E-state index in [1.54, 1.807) is 30.3 Å². The Morgan fingerprint density at radius 1 is 0.968 bits per heavy atom. The molecule has 1 aliphatic heterocycles. The molecule has 0 amide bonds. The summed E-state index contributed by atoms with van der Waals surface area (Å²) in [6, 6.07) is 16.3. The van der Waals surface area contributed by atoms with E-state index in [4.69, 9.17) is 14.5 Å². The highest BCUT2D eigenvalue weighted by atomic mass is 17.2. The van der Waals surface area contributed by atoms with Crippen molar-refractivity contribution in [3.05, 3.63) is 65.7 Å². The fraction of sp³-hybridized carbons (Fsp3) is 0.462. The van der Waals surface area contributed by atoms with Gasteiger partial charge in [0, 0.05) is 17.0 Å². The minimum Gasteiger partial charge on any atom is -0.424 e. The van der Waals surface area contributed by atoms with Crippen LogP contribution in [0.4, 0.5) is 0 Å². The lowest BCUT2D eigenvalue weighted by molar-refractivity contribution is -0.389. The summed E-state index contributed by atoms with van der Waals surface area (Å²) >= 11 is 0. The standard InChI is InChI=1S/C26H30O5/c1-25(2,3)30-31-26(23(27)19-14-8-5-9-15-19)22(18-12-6-4-7-13-18)20-16-10-11-17-21(20)29-24(26)28/h5,8-11,14-18,22H,4,6-7,12-13H2,1-3H3. The third-order valence-electron chi connectivity index (χ3n) is 6.12. The Morgan fingerprint density at radius 2 is 1.61 bits per heavy atom. The summed E-state index contributed by atoms with van der Waals surface area (Å²) in [6.45, 7) is 5.47. The summed E-state index contributed by atoms with van der Waals surface area (Å²) in [7, 11) is 0. The van der Waals surface area contributed by atoms with Crippen molar-refractivity contribution in [3.8, 4) is 5.75 Å². The number of esters is 1. The fourth-order valence-corrected chi connectivity index (χ4v) is 4.76. The van der Waals surface area contributed by atoms with Crippen LogP contribution in [0.3, 0.4) is 0 Å². The molecule has 1 heterocycles. The van der Waals surface area contributed by atoms with E-state index in [9.17, 15) is 9.59 Å². The molecule has 0 saturated heterocycles. The van der Waals surface area contributed by atoms with Crippen molar-refractivity contribution in [2.45, 2.75) is 70.0 Å². The number of Topliss-reactive ketones (excluding diaryl/α,β-unsaturated/α-hetero) is 1. The van der Waals surface area contributed by atoms with Gasteiger partial charge in [0.15, 0.2) is 0 Å². The van der Waals surface area contributed by atoms with Crippen LogP contribution in [0.15, 0.2) is 54.6 Å². The van der Waals surface area contributed by atoms with Gasteiger partial charge in [0.05, 0.1) is 5.60 Å². The Kier molecular flexibility index (Phi) is 6.00. The Bertz CT molecular complexity index is 940. The van der Waals surface area contributed by atoms with Gasteiger partial charge in [-0.15, -0.1) is 0 Å². The first kappa shape index (κ1) is 21.7. The lowest BCUT2D eigenvalue weighted by atomic mass is 9.65. The van der Waals surface area contributed by atoms with Gasteiger partial charge in [-0.1, -0.05) is 67.8 Å². The second kappa shape index (κ2) is 8.56. The van der Waals surface area contributed by atoms with Gasteiger partial charge in [0.1, 0.15) is 5.75 Å². The zero-order valence-corrected chi connectivity index (χ0v) is 18.4. The van der Waals surface area contributed by atoms with Gasteiger partial charge < -0.3 is 4.74 Å². The van der Waals surface area contributed by atoms with Crippen molar-refractivity contribution < 1.29 is 24.1 Å². The maximum atomic E-state index is 14.0. The summed E-state index contributed by atoms with van der Waals surface area (Å²) < 4.78 is 5.71. The van der Waals surface area contributed by atoms with E-state index >= 15 is 0 Å². The van der Waals surface area contributed by atoms with E-state index in [2.05, 4.69) is 0 Å². The number of hydrogen-bond donors (Lipinski definition) is 0. The molecule has 31 heavy (non-hydrogen) atoms. The number of rotatable bonds is 5. The first-order chi connectivity index (χ1) is 14.8. The highest BCUT2D eigenvalue weighted by molar-refractivity contribution is 6.17. The summed E-state index contributed by atoms with van der Waals surface area (Å²) in [5.74, 6) is -1.01. The monoisotopic (exact) mass is 422 g/mol. The highest BCUT2D eigenvalue weighted by Crippen LogP contribution is 2.51. The lowest BCUT2D eigenvalue weighted by Gasteiger charge is -2.45. The maximum absolute atomic E-state index is 14.0. The Labute approximate surface area is 183 Å². The van der Waals surface area contributed by atoms with Crippen LogP contribution in [0.5, 0.6) is 5.75 Å². The molecule has 1 fully saturated rings. The van der Waals surface area contributed by atoms with Crippen molar-refractivity contribution in [1.82, 2.24) is 0 Å². The van der Waals surface area contributed by atoms with Crippen molar-refractivity contribution in [2.75, 3.05) is 0 Å². The van der Waals surface area contributed by atoms with Gasteiger partial charge in [-0.2, -0.15) is 0 Å². The Hall–Kier alpha value is -2.50. The van der Waals surface area contributed by atoms with Crippen molar-refractivity contribution >= 4 is 11.8 Å². The second-order valence-electron chi connectivity index (χ2n) is 9.51. The molecule has 1 aliphatic carbocycles. The van der Waals surface area contributed by atoms with E-state index in [0.717, 1.165) is 37.7 Å². The number of ketones is 1. The van der Waals surface area contributed by atoms with Gasteiger partial charge in [-0.3, -0.25) is 4.79 Å². The molecule has 0 aromatic heterocycles. The lowest BCUT2D eigenvalue weighted by Crippen LogP contribution is -2.60. The normalized spacial score (nSPS) is 24.4. The molecule has 0 spiro atoms. The SMILES string of the molecule is CC(C)(C)OOC1(C(=O)c2ccccc2)C(=O)Oc2ccccc2C1C1CCCCC1. The molecule has 4 rings (SSSR count). The number of carbonyl (C=O) groups excluding carboxylic acids is 2. The fourth-order valence-electron chi connectivity index (χ4n) is 4.76. The molecule has 2 aromatic carbocycles. The maximum Gasteiger partial charge on any atom is 0.356 e. The number of benzene rings is 2. The highest BCUT2D eigenvalue weighted by Gasteiger charge is 2.62. The number of hydrogen-bond acceptors (Lipinski definition) is 5. The Morgan fingerprint density at radius 3 is 2.29 bits per heavy atom. The van der Waals surface area contributed by atoms with E-state index in [0.29, 0.717) is 11.3 Å². The van der Waals surface area contributed by atoms with Gasteiger partial charge in [0.2, 0.25) is 5.78 Å². The van der Waals surface area contributed by atoms with Gasteiger partial charge >= 0.3 is 5.97 Å². The van der Waals surface area contributed by atoms with Crippen LogP contribution in [-0.2, 0) is 14.6 Å². The van der Waals surface area contributed by atoms with Crippen LogP contribution < -0.4 is 4.74 Å².